The van der Waals surface area contributed by atoms with Crippen LogP contribution in [-0.4, -0.2) is 4.92 Å². The largest absolute Gasteiger partial charge is 0.355 e. The summed E-state index contributed by atoms with van der Waals surface area (Å²) in [5, 5.41) is 14.0. The van der Waals surface area contributed by atoms with Gasteiger partial charge in [0.2, 0.25) is 0 Å². The topological polar surface area (TPSA) is 55.2 Å². The van der Waals surface area contributed by atoms with Crippen molar-refractivity contribution in [1.82, 2.24) is 0 Å². The van der Waals surface area contributed by atoms with Crippen molar-refractivity contribution in [3.63, 3.8) is 0 Å². The maximum Gasteiger partial charge on any atom is 0.282 e. The van der Waals surface area contributed by atoms with Gasteiger partial charge in [-0.1, -0.05) is 15.9 Å². The molecule has 0 aromatic heterocycles. The molecule has 0 unspecified atom stereocenters. The van der Waals surface area contributed by atoms with Crippen molar-refractivity contribution in [1.29, 1.82) is 0 Å². The van der Waals surface area contributed by atoms with Crippen LogP contribution in [0, 0.1) is 13.7 Å². The number of nitrogens with zero attached hydrogens (tertiary/aromatic N) is 1. The highest BCUT2D eigenvalue weighted by Gasteiger charge is 2.12. The van der Waals surface area contributed by atoms with Crippen LogP contribution in [0.4, 0.5) is 17.1 Å². The van der Waals surface area contributed by atoms with Gasteiger partial charge in [-0.2, -0.15) is 0 Å². The number of halogens is 3. The summed E-state index contributed by atoms with van der Waals surface area (Å²) in [7, 11) is 0. The third kappa shape index (κ3) is 3.67. The van der Waals surface area contributed by atoms with E-state index >= 15 is 0 Å². The summed E-state index contributed by atoms with van der Waals surface area (Å²) < 4.78 is 2.49. The van der Waals surface area contributed by atoms with Crippen molar-refractivity contribution < 1.29 is 4.92 Å². The van der Waals surface area contributed by atoms with Crippen LogP contribution in [0.3, 0.4) is 0 Å². The summed E-state index contributed by atoms with van der Waals surface area (Å²) in [6.45, 7) is 0. The maximum absolute atomic E-state index is 10.8. The van der Waals surface area contributed by atoms with Gasteiger partial charge in [-0.15, -0.1) is 0 Å². The van der Waals surface area contributed by atoms with Crippen LogP contribution in [0.15, 0.2) is 45.3 Å². The molecule has 0 atom stereocenters. The second-order valence-electron chi connectivity index (χ2n) is 3.67. The van der Waals surface area contributed by atoms with Crippen molar-refractivity contribution in [3.8, 4) is 0 Å². The molecular formula is C12H7Br2IN2O2. The van der Waals surface area contributed by atoms with E-state index in [1.54, 1.807) is 12.1 Å². The Morgan fingerprint density at radius 1 is 1.16 bits per heavy atom. The van der Waals surface area contributed by atoms with E-state index in [1.807, 2.05) is 40.8 Å². The average Bonchev–Trinajstić information content (AvgIpc) is 2.32. The standard InChI is InChI=1S/C12H7Br2IN2O2/c13-7-1-3-11(9(14)5-7)16-8-2-4-12(17(18)19)10(15)6-8/h1-6,16H. The Morgan fingerprint density at radius 3 is 2.47 bits per heavy atom. The number of rotatable bonds is 3. The zero-order chi connectivity index (χ0) is 14.0. The zero-order valence-electron chi connectivity index (χ0n) is 9.36. The van der Waals surface area contributed by atoms with Gasteiger partial charge in [0.1, 0.15) is 0 Å². The fraction of sp³-hybridized carbons (Fsp3) is 0. The van der Waals surface area contributed by atoms with Crippen LogP contribution in [0.25, 0.3) is 0 Å². The lowest BCUT2D eigenvalue weighted by Gasteiger charge is -2.09. The Balaban J connectivity index is 2.29. The number of nitrogens with one attached hydrogen (secondary N) is 1. The minimum absolute atomic E-state index is 0.112. The molecule has 1 N–H and O–H groups in total. The summed E-state index contributed by atoms with van der Waals surface area (Å²) in [6.07, 6.45) is 0. The number of anilines is 2. The Hall–Kier alpha value is -0.670. The highest BCUT2D eigenvalue weighted by Crippen LogP contribution is 2.31. The molecule has 0 bridgehead atoms. The van der Waals surface area contributed by atoms with E-state index in [4.69, 9.17) is 0 Å². The summed E-state index contributed by atoms with van der Waals surface area (Å²) >= 11 is 8.80. The molecule has 98 valence electrons. The third-order valence-corrected chi connectivity index (χ3v) is 4.37. The molecule has 0 amide bonds. The molecular weight excluding hydrogens is 491 g/mol. The maximum atomic E-state index is 10.8. The normalized spacial score (nSPS) is 10.3. The molecule has 0 heterocycles. The van der Waals surface area contributed by atoms with Crippen LogP contribution in [0.5, 0.6) is 0 Å². The van der Waals surface area contributed by atoms with Crippen LogP contribution in [0.1, 0.15) is 0 Å². The van der Waals surface area contributed by atoms with Gasteiger partial charge in [0.25, 0.3) is 5.69 Å². The lowest BCUT2D eigenvalue weighted by atomic mass is 10.2. The molecule has 2 aromatic rings. The molecule has 0 radical (unpaired) electrons. The van der Waals surface area contributed by atoms with E-state index in [1.165, 1.54) is 6.07 Å². The number of nitro groups is 1. The lowest BCUT2D eigenvalue weighted by Crippen LogP contribution is -1.95. The van der Waals surface area contributed by atoms with E-state index in [-0.39, 0.29) is 10.6 Å². The van der Waals surface area contributed by atoms with Crippen LogP contribution < -0.4 is 5.32 Å². The predicted octanol–water partition coefficient (Wildman–Crippen LogP) is 5.47. The molecule has 0 aliphatic rings. The summed E-state index contributed by atoms with van der Waals surface area (Å²) in [4.78, 5) is 10.4. The summed E-state index contributed by atoms with van der Waals surface area (Å²) in [6, 6.07) is 10.7. The van der Waals surface area contributed by atoms with Crippen molar-refractivity contribution in [3.05, 3.63) is 59.0 Å². The Kier molecular flexibility index (Phi) is 4.80. The number of hydrogen-bond acceptors (Lipinski definition) is 3. The molecule has 2 aromatic carbocycles. The molecule has 7 heteroatoms. The predicted molar refractivity (Wildman–Crippen MR) is 90.9 cm³/mol. The van der Waals surface area contributed by atoms with Gasteiger partial charge in [-0.3, -0.25) is 10.1 Å². The third-order valence-electron chi connectivity index (χ3n) is 2.35. The van der Waals surface area contributed by atoms with E-state index in [0.29, 0.717) is 3.57 Å². The van der Waals surface area contributed by atoms with Crippen LogP contribution >= 0.6 is 54.5 Å². The van der Waals surface area contributed by atoms with Crippen molar-refractivity contribution in [2.24, 2.45) is 0 Å². The first kappa shape index (κ1) is 14.7. The second-order valence-corrected chi connectivity index (χ2v) is 6.60. The van der Waals surface area contributed by atoms with Crippen molar-refractivity contribution in [2.75, 3.05) is 5.32 Å². The van der Waals surface area contributed by atoms with E-state index < -0.39 is 0 Å². The van der Waals surface area contributed by atoms with Gasteiger partial charge in [-0.25, -0.2) is 0 Å². The van der Waals surface area contributed by atoms with E-state index in [0.717, 1.165) is 20.3 Å². The first-order valence-electron chi connectivity index (χ1n) is 5.13. The summed E-state index contributed by atoms with van der Waals surface area (Å²) in [5.74, 6) is 0. The Bertz CT molecular complexity index is 650. The number of benzene rings is 2. The van der Waals surface area contributed by atoms with Gasteiger partial charge >= 0.3 is 0 Å². The molecule has 19 heavy (non-hydrogen) atoms. The molecule has 0 spiro atoms. The highest BCUT2D eigenvalue weighted by molar-refractivity contribution is 14.1. The molecule has 0 aliphatic heterocycles. The monoisotopic (exact) mass is 496 g/mol. The first-order valence-corrected chi connectivity index (χ1v) is 7.80. The van der Waals surface area contributed by atoms with Gasteiger partial charge in [0.15, 0.2) is 0 Å². The highest BCUT2D eigenvalue weighted by atomic mass is 127. The fourth-order valence-corrected chi connectivity index (χ4v) is 3.34. The smallest absolute Gasteiger partial charge is 0.282 e. The molecule has 0 saturated carbocycles. The van der Waals surface area contributed by atoms with Gasteiger partial charge in [0, 0.05) is 20.7 Å². The van der Waals surface area contributed by atoms with Crippen LogP contribution in [0.2, 0.25) is 0 Å². The lowest BCUT2D eigenvalue weighted by molar-refractivity contribution is -0.385. The Morgan fingerprint density at radius 2 is 1.89 bits per heavy atom. The van der Waals surface area contributed by atoms with Gasteiger partial charge < -0.3 is 5.32 Å². The van der Waals surface area contributed by atoms with E-state index in [2.05, 4.69) is 37.2 Å². The van der Waals surface area contributed by atoms with Crippen molar-refractivity contribution in [2.45, 2.75) is 0 Å². The molecule has 0 fully saturated rings. The first-order chi connectivity index (χ1) is 8.97. The summed E-state index contributed by atoms with van der Waals surface area (Å²) in [5.41, 5.74) is 1.81. The van der Waals surface area contributed by atoms with E-state index in [9.17, 15) is 10.1 Å². The quantitative estimate of drug-likeness (QED) is 0.348. The fourth-order valence-electron chi connectivity index (χ4n) is 1.48. The minimum Gasteiger partial charge on any atom is -0.355 e. The molecule has 0 saturated heterocycles. The molecule has 2 rings (SSSR count). The average molecular weight is 498 g/mol. The molecule has 4 nitrogen and oxygen atoms in total. The molecule has 0 aliphatic carbocycles. The number of hydrogen-bond donors (Lipinski definition) is 1. The minimum atomic E-state index is -0.388. The van der Waals surface area contributed by atoms with Crippen molar-refractivity contribution >= 4 is 71.5 Å². The SMILES string of the molecule is O=[N+]([O-])c1ccc(Nc2ccc(Br)cc2Br)cc1I. The zero-order valence-corrected chi connectivity index (χ0v) is 14.7. The van der Waals surface area contributed by atoms with Gasteiger partial charge in [-0.05, 0) is 68.9 Å². The number of nitro benzene ring substituents is 1. The van der Waals surface area contributed by atoms with Gasteiger partial charge in [0.05, 0.1) is 14.2 Å². The van der Waals surface area contributed by atoms with Crippen LogP contribution in [-0.2, 0) is 0 Å². The second kappa shape index (κ2) is 6.19. The Labute approximate surface area is 140 Å².